The van der Waals surface area contributed by atoms with Crippen LogP contribution in [0.25, 0.3) is 17.2 Å². The highest BCUT2D eigenvalue weighted by Gasteiger charge is 2.15. The summed E-state index contributed by atoms with van der Waals surface area (Å²) < 4.78 is 11.3. The van der Waals surface area contributed by atoms with Gasteiger partial charge in [0.25, 0.3) is 5.22 Å². The number of hydrogen-bond donors (Lipinski definition) is 1. The summed E-state index contributed by atoms with van der Waals surface area (Å²) >= 11 is 4.10. The highest BCUT2D eigenvalue weighted by atomic mass is 79.9. The van der Waals surface area contributed by atoms with Gasteiger partial charge in [0.15, 0.2) is 10.3 Å². The van der Waals surface area contributed by atoms with Crippen LogP contribution in [0.2, 0.25) is 0 Å². The molecule has 7 heteroatoms. The molecule has 0 radical (unpaired) electrons. The van der Waals surface area contributed by atoms with Crippen molar-refractivity contribution in [3.63, 3.8) is 0 Å². The number of carboxylic acid groups (broad SMARTS) is 1. The van der Waals surface area contributed by atoms with Gasteiger partial charge in [-0.3, -0.25) is 0 Å². The Kier molecular flexibility index (Phi) is 3.85. The van der Waals surface area contributed by atoms with Crippen molar-refractivity contribution in [2.75, 3.05) is 0 Å². The van der Waals surface area contributed by atoms with Gasteiger partial charge in [0.2, 0.25) is 0 Å². The van der Waals surface area contributed by atoms with Crippen LogP contribution in [0, 0.1) is 0 Å². The molecule has 1 aromatic carbocycles. The number of para-hydroxylation sites is 2. The van der Waals surface area contributed by atoms with Crippen molar-refractivity contribution >= 4 is 50.8 Å². The molecule has 0 fully saturated rings. The van der Waals surface area contributed by atoms with E-state index in [9.17, 15) is 9.90 Å². The van der Waals surface area contributed by atoms with E-state index in [4.69, 9.17) is 8.83 Å². The summed E-state index contributed by atoms with van der Waals surface area (Å²) in [6.45, 7) is 0. The summed E-state index contributed by atoms with van der Waals surface area (Å²) in [4.78, 5) is 15.6. The van der Waals surface area contributed by atoms with Crippen LogP contribution in [0.4, 0.5) is 0 Å². The van der Waals surface area contributed by atoms with Gasteiger partial charge in [-0.25, -0.2) is 9.78 Å². The third-order valence-corrected chi connectivity index (χ3v) is 3.84. The number of furan rings is 1. The summed E-state index contributed by atoms with van der Waals surface area (Å²) in [6.07, 6.45) is 1.42. The van der Waals surface area contributed by atoms with Gasteiger partial charge in [0.1, 0.15) is 16.2 Å². The Hall–Kier alpha value is -1.99. The Morgan fingerprint density at radius 3 is 2.71 bits per heavy atom. The lowest BCUT2D eigenvalue weighted by Crippen LogP contribution is -1.96. The van der Waals surface area contributed by atoms with E-state index in [1.54, 1.807) is 24.3 Å². The zero-order chi connectivity index (χ0) is 14.8. The van der Waals surface area contributed by atoms with Crippen LogP contribution in [0.3, 0.4) is 0 Å². The fraction of sp³-hybridized carbons (Fsp3) is 0. The fourth-order valence-corrected chi connectivity index (χ4v) is 2.70. The Balaban J connectivity index is 1.91. The first kappa shape index (κ1) is 14.0. The molecular weight excluding hydrogens is 358 g/mol. The summed E-state index contributed by atoms with van der Waals surface area (Å²) in [5.74, 6) is -0.641. The number of oxazole rings is 1. The maximum Gasteiger partial charge on any atom is 0.342 e. The van der Waals surface area contributed by atoms with Crippen molar-refractivity contribution in [2.45, 2.75) is 5.22 Å². The van der Waals surface area contributed by atoms with E-state index in [-0.39, 0.29) is 10.1 Å². The van der Waals surface area contributed by atoms with Gasteiger partial charge in [-0.1, -0.05) is 12.1 Å². The maximum absolute atomic E-state index is 11.3. The van der Waals surface area contributed by atoms with E-state index in [1.165, 1.54) is 6.08 Å². The Labute approximate surface area is 131 Å². The maximum atomic E-state index is 11.3. The molecular formula is C14H8BrNO4S. The Morgan fingerprint density at radius 2 is 2.05 bits per heavy atom. The molecule has 21 heavy (non-hydrogen) atoms. The smallest absolute Gasteiger partial charge is 0.342 e. The summed E-state index contributed by atoms with van der Waals surface area (Å²) in [7, 11) is 0. The zero-order valence-electron chi connectivity index (χ0n) is 10.4. The molecule has 5 nitrogen and oxygen atoms in total. The van der Waals surface area contributed by atoms with Gasteiger partial charge in [-0.2, -0.15) is 0 Å². The predicted molar refractivity (Wildman–Crippen MR) is 81.9 cm³/mol. The largest absolute Gasteiger partial charge is 0.477 e. The van der Waals surface area contributed by atoms with E-state index in [2.05, 4.69) is 20.9 Å². The third-order valence-electron chi connectivity index (χ3n) is 2.55. The second kappa shape index (κ2) is 5.79. The van der Waals surface area contributed by atoms with E-state index in [0.717, 1.165) is 11.8 Å². The second-order valence-electron chi connectivity index (χ2n) is 4.01. The second-order valence-corrected chi connectivity index (χ2v) is 5.78. The molecule has 2 heterocycles. The van der Waals surface area contributed by atoms with Crippen molar-refractivity contribution in [3.8, 4) is 0 Å². The van der Waals surface area contributed by atoms with Crippen LogP contribution in [-0.2, 0) is 4.79 Å². The number of benzene rings is 1. The first-order valence-corrected chi connectivity index (χ1v) is 7.46. The van der Waals surface area contributed by atoms with E-state index < -0.39 is 5.97 Å². The summed E-state index contributed by atoms with van der Waals surface area (Å²) in [6, 6.07) is 10.6. The molecule has 0 saturated carbocycles. The monoisotopic (exact) mass is 365 g/mol. The highest BCUT2D eigenvalue weighted by Crippen LogP contribution is 2.31. The SMILES string of the molecule is O=C(O)/C(=C/c1ccc(Br)o1)Sc1nc2ccccc2o1. The molecule has 0 aliphatic heterocycles. The van der Waals surface area contributed by atoms with Gasteiger partial charge < -0.3 is 13.9 Å². The van der Waals surface area contributed by atoms with E-state index >= 15 is 0 Å². The van der Waals surface area contributed by atoms with Crippen LogP contribution in [0.5, 0.6) is 0 Å². The molecule has 0 saturated heterocycles. The van der Waals surface area contributed by atoms with Gasteiger partial charge >= 0.3 is 5.97 Å². The fourth-order valence-electron chi connectivity index (χ4n) is 1.66. The number of aliphatic carboxylic acids is 1. The molecule has 0 spiro atoms. The van der Waals surface area contributed by atoms with Gasteiger partial charge in [0.05, 0.1) is 0 Å². The summed E-state index contributed by atoms with van der Waals surface area (Å²) in [5.41, 5.74) is 1.30. The third kappa shape index (κ3) is 3.20. The number of rotatable bonds is 4. The molecule has 0 aliphatic rings. The van der Waals surface area contributed by atoms with Crippen LogP contribution in [-0.4, -0.2) is 16.1 Å². The molecule has 0 bridgehead atoms. The number of fused-ring (bicyclic) bond motifs is 1. The van der Waals surface area contributed by atoms with E-state index in [1.807, 2.05) is 12.1 Å². The lowest BCUT2D eigenvalue weighted by Gasteiger charge is -1.96. The van der Waals surface area contributed by atoms with Crippen molar-refractivity contribution < 1.29 is 18.7 Å². The van der Waals surface area contributed by atoms with Crippen molar-refractivity contribution in [3.05, 3.63) is 51.7 Å². The molecule has 0 atom stereocenters. The normalized spacial score (nSPS) is 12.0. The number of carboxylic acids is 1. The quantitative estimate of drug-likeness (QED) is 0.545. The summed E-state index contributed by atoms with van der Waals surface area (Å²) in [5, 5.41) is 9.54. The number of aromatic nitrogens is 1. The molecule has 106 valence electrons. The van der Waals surface area contributed by atoms with E-state index in [0.29, 0.717) is 21.5 Å². The first-order valence-electron chi connectivity index (χ1n) is 5.85. The predicted octanol–water partition coefficient (Wildman–Crippen LogP) is 4.40. The molecule has 1 N–H and O–H groups in total. The standard InChI is InChI=1S/C14H8BrNO4S/c15-12-6-5-8(19-12)7-11(13(17)18)21-14-16-9-3-1-2-4-10(9)20-14/h1-7H,(H,17,18)/b11-7-. The molecule has 0 unspecified atom stereocenters. The minimum absolute atomic E-state index is 0.0587. The van der Waals surface area contributed by atoms with Crippen LogP contribution in [0.15, 0.2) is 60.0 Å². The number of nitrogens with zero attached hydrogens (tertiary/aromatic N) is 1. The average molecular weight is 366 g/mol. The average Bonchev–Trinajstić information content (AvgIpc) is 3.03. The number of hydrogen-bond acceptors (Lipinski definition) is 5. The molecule has 2 aromatic heterocycles. The number of thioether (sulfide) groups is 1. The van der Waals surface area contributed by atoms with Gasteiger partial charge in [-0.15, -0.1) is 0 Å². The zero-order valence-corrected chi connectivity index (χ0v) is 12.8. The molecule has 3 aromatic rings. The van der Waals surface area contributed by atoms with Crippen LogP contribution < -0.4 is 0 Å². The molecule has 0 aliphatic carbocycles. The Morgan fingerprint density at radius 1 is 1.24 bits per heavy atom. The van der Waals surface area contributed by atoms with Crippen molar-refractivity contribution in [1.29, 1.82) is 0 Å². The number of carbonyl (C=O) groups is 1. The highest BCUT2D eigenvalue weighted by molar-refractivity contribution is 9.10. The van der Waals surface area contributed by atoms with Crippen LogP contribution in [0.1, 0.15) is 5.76 Å². The topological polar surface area (TPSA) is 76.5 Å². The minimum Gasteiger partial charge on any atom is -0.477 e. The minimum atomic E-state index is -1.07. The molecule has 0 amide bonds. The van der Waals surface area contributed by atoms with Crippen molar-refractivity contribution in [2.24, 2.45) is 0 Å². The first-order chi connectivity index (χ1) is 10.1. The lowest BCUT2D eigenvalue weighted by molar-refractivity contribution is -0.131. The lowest BCUT2D eigenvalue weighted by atomic mass is 10.3. The van der Waals surface area contributed by atoms with Crippen LogP contribution >= 0.6 is 27.7 Å². The van der Waals surface area contributed by atoms with Crippen molar-refractivity contribution in [1.82, 2.24) is 4.98 Å². The number of halogens is 1. The Bertz CT molecular complexity index is 803. The van der Waals surface area contributed by atoms with Gasteiger partial charge in [0, 0.05) is 6.08 Å². The molecule has 3 rings (SSSR count). The van der Waals surface area contributed by atoms with Gasteiger partial charge in [-0.05, 0) is 52.0 Å².